The molecular formula is C12H11ClN2O2. The molecule has 2 aromatic rings. The fourth-order valence-electron chi connectivity index (χ4n) is 1.58. The third kappa shape index (κ3) is 2.31. The van der Waals surface area contributed by atoms with Gasteiger partial charge in [-0.15, -0.1) is 0 Å². The van der Waals surface area contributed by atoms with E-state index in [9.17, 15) is 4.79 Å². The number of hydrogen-bond donors (Lipinski definition) is 1. The molecule has 0 amide bonds. The SMILES string of the molecule is CCc1nn(-c2ccc(Cl)cc2)cc1C(=O)O. The minimum absolute atomic E-state index is 0.238. The lowest BCUT2D eigenvalue weighted by Crippen LogP contribution is -1.98. The van der Waals surface area contributed by atoms with Crippen molar-refractivity contribution in [1.82, 2.24) is 9.78 Å². The third-order valence-corrected chi connectivity index (χ3v) is 2.70. The molecule has 0 bridgehead atoms. The molecule has 0 saturated heterocycles. The van der Waals surface area contributed by atoms with Crippen LogP contribution < -0.4 is 0 Å². The summed E-state index contributed by atoms with van der Waals surface area (Å²) in [5.41, 5.74) is 1.60. The van der Waals surface area contributed by atoms with Gasteiger partial charge in [-0.2, -0.15) is 5.10 Å². The first-order chi connectivity index (χ1) is 8.11. The molecule has 1 N–H and O–H groups in total. The van der Waals surface area contributed by atoms with Gasteiger partial charge in [0.1, 0.15) is 5.56 Å². The van der Waals surface area contributed by atoms with E-state index < -0.39 is 5.97 Å². The zero-order valence-electron chi connectivity index (χ0n) is 9.22. The van der Waals surface area contributed by atoms with E-state index in [1.807, 2.05) is 6.92 Å². The fraction of sp³-hybridized carbons (Fsp3) is 0.167. The van der Waals surface area contributed by atoms with Crippen LogP contribution in [0.25, 0.3) is 5.69 Å². The molecule has 2 rings (SSSR count). The van der Waals surface area contributed by atoms with Crippen molar-refractivity contribution in [3.8, 4) is 5.69 Å². The Morgan fingerprint density at radius 2 is 2.06 bits per heavy atom. The Morgan fingerprint density at radius 1 is 1.41 bits per heavy atom. The number of halogens is 1. The number of aromatic nitrogens is 2. The van der Waals surface area contributed by atoms with E-state index in [1.165, 1.54) is 6.20 Å². The van der Waals surface area contributed by atoms with Crippen molar-refractivity contribution in [1.29, 1.82) is 0 Å². The Morgan fingerprint density at radius 3 is 2.53 bits per heavy atom. The zero-order chi connectivity index (χ0) is 12.4. The largest absolute Gasteiger partial charge is 0.478 e. The van der Waals surface area contributed by atoms with Crippen molar-refractivity contribution >= 4 is 17.6 Å². The number of benzene rings is 1. The molecule has 1 aromatic heterocycles. The molecule has 4 nitrogen and oxygen atoms in total. The molecule has 0 saturated carbocycles. The van der Waals surface area contributed by atoms with Crippen LogP contribution in [0.4, 0.5) is 0 Å². The van der Waals surface area contributed by atoms with Crippen LogP contribution in [0.1, 0.15) is 23.0 Å². The van der Waals surface area contributed by atoms with Gasteiger partial charge in [-0.05, 0) is 30.7 Å². The lowest BCUT2D eigenvalue weighted by atomic mass is 10.2. The first-order valence-electron chi connectivity index (χ1n) is 5.19. The summed E-state index contributed by atoms with van der Waals surface area (Å²) in [6.07, 6.45) is 2.10. The Kier molecular flexibility index (Phi) is 3.15. The van der Waals surface area contributed by atoms with E-state index in [4.69, 9.17) is 16.7 Å². The van der Waals surface area contributed by atoms with Gasteiger partial charge in [0.25, 0.3) is 0 Å². The summed E-state index contributed by atoms with van der Waals surface area (Å²) in [5.74, 6) is -0.956. The van der Waals surface area contributed by atoms with Crippen molar-refractivity contribution in [3.63, 3.8) is 0 Å². The van der Waals surface area contributed by atoms with E-state index in [2.05, 4.69) is 5.10 Å². The molecule has 88 valence electrons. The highest BCUT2D eigenvalue weighted by atomic mass is 35.5. The van der Waals surface area contributed by atoms with Crippen LogP contribution in [0, 0.1) is 0 Å². The Labute approximate surface area is 103 Å². The van der Waals surface area contributed by atoms with Gasteiger partial charge < -0.3 is 5.11 Å². The minimum Gasteiger partial charge on any atom is -0.478 e. The number of nitrogens with zero attached hydrogens (tertiary/aromatic N) is 2. The van der Waals surface area contributed by atoms with E-state index in [0.717, 1.165) is 5.69 Å². The summed E-state index contributed by atoms with van der Waals surface area (Å²) in [6, 6.07) is 7.07. The van der Waals surface area contributed by atoms with Crippen LogP contribution in [0.2, 0.25) is 5.02 Å². The average Bonchev–Trinajstić information content (AvgIpc) is 2.74. The van der Waals surface area contributed by atoms with Gasteiger partial charge in [-0.25, -0.2) is 9.48 Å². The highest BCUT2D eigenvalue weighted by Crippen LogP contribution is 2.16. The van der Waals surface area contributed by atoms with Crippen LogP contribution in [0.3, 0.4) is 0 Å². The lowest BCUT2D eigenvalue weighted by Gasteiger charge is -2.00. The maximum Gasteiger partial charge on any atom is 0.339 e. The maximum absolute atomic E-state index is 11.0. The maximum atomic E-state index is 11.0. The number of hydrogen-bond acceptors (Lipinski definition) is 2. The molecule has 0 radical (unpaired) electrons. The number of aromatic carboxylic acids is 1. The minimum atomic E-state index is -0.956. The molecule has 0 atom stereocenters. The Hall–Kier alpha value is -1.81. The predicted octanol–water partition coefficient (Wildman–Crippen LogP) is 2.79. The monoisotopic (exact) mass is 250 g/mol. The van der Waals surface area contributed by atoms with Gasteiger partial charge in [0.05, 0.1) is 11.4 Å². The zero-order valence-corrected chi connectivity index (χ0v) is 9.98. The van der Waals surface area contributed by atoms with Gasteiger partial charge in [-0.1, -0.05) is 18.5 Å². The van der Waals surface area contributed by atoms with Crippen molar-refractivity contribution in [2.45, 2.75) is 13.3 Å². The van der Waals surface area contributed by atoms with Gasteiger partial charge >= 0.3 is 5.97 Å². The van der Waals surface area contributed by atoms with E-state index in [1.54, 1.807) is 28.9 Å². The lowest BCUT2D eigenvalue weighted by molar-refractivity contribution is 0.0696. The third-order valence-electron chi connectivity index (χ3n) is 2.45. The van der Waals surface area contributed by atoms with Gasteiger partial charge in [0.2, 0.25) is 0 Å². The number of carbonyl (C=O) groups is 1. The van der Waals surface area contributed by atoms with E-state index in [0.29, 0.717) is 17.1 Å². The van der Waals surface area contributed by atoms with Crippen molar-refractivity contribution in [2.75, 3.05) is 0 Å². The number of carboxylic acid groups (broad SMARTS) is 1. The van der Waals surface area contributed by atoms with Gasteiger partial charge in [0, 0.05) is 11.2 Å². The van der Waals surface area contributed by atoms with Crippen molar-refractivity contribution < 1.29 is 9.90 Å². The summed E-state index contributed by atoms with van der Waals surface area (Å²) in [6.45, 7) is 1.88. The number of rotatable bonds is 3. The van der Waals surface area contributed by atoms with E-state index >= 15 is 0 Å². The molecule has 0 aliphatic heterocycles. The van der Waals surface area contributed by atoms with E-state index in [-0.39, 0.29) is 5.56 Å². The van der Waals surface area contributed by atoms with Crippen LogP contribution in [-0.4, -0.2) is 20.9 Å². The van der Waals surface area contributed by atoms with Crippen molar-refractivity contribution in [2.24, 2.45) is 0 Å². The molecule has 1 aromatic carbocycles. The second-order valence-electron chi connectivity index (χ2n) is 3.57. The quantitative estimate of drug-likeness (QED) is 0.911. The molecule has 0 fully saturated rings. The summed E-state index contributed by atoms with van der Waals surface area (Å²) in [4.78, 5) is 11.0. The van der Waals surface area contributed by atoms with Crippen LogP contribution in [0.15, 0.2) is 30.5 Å². The first kappa shape index (κ1) is 11.7. The van der Waals surface area contributed by atoms with Gasteiger partial charge in [0.15, 0.2) is 0 Å². The van der Waals surface area contributed by atoms with Crippen molar-refractivity contribution in [3.05, 3.63) is 46.7 Å². The fourth-order valence-corrected chi connectivity index (χ4v) is 1.70. The molecule has 1 heterocycles. The number of aryl methyl sites for hydroxylation is 1. The van der Waals surface area contributed by atoms with Crippen LogP contribution in [-0.2, 0) is 6.42 Å². The highest BCUT2D eigenvalue weighted by Gasteiger charge is 2.14. The smallest absolute Gasteiger partial charge is 0.339 e. The summed E-state index contributed by atoms with van der Waals surface area (Å²) in [7, 11) is 0. The summed E-state index contributed by atoms with van der Waals surface area (Å²) >= 11 is 5.79. The molecule has 5 heteroatoms. The Bertz CT molecular complexity index is 546. The number of carboxylic acids is 1. The van der Waals surface area contributed by atoms with Crippen LogP contribution in [0.5, 0.6) is 0 Å². The Balaban J connectivity index is 2.46. The topological polar surface area (TPSA) is 55.1 Å². The molecular weight excluding hydrogens is 240 g/mol. The molecule has 0 aliphatic rings. The first-order valence-corrected chi connectivity index (χ1v) is 5.57. The summed E-state index contributed by atoms with van der Waals surface area (Å²) in [5, 5.41) is 13.9. The standard InChI is InChI=1S/C12H11ClN2O2/c1-2-11-10(12(16)17)7-15(14-11)9-5-3-8(13)4-6-9/h3-7H,2H2,1H3,(H,16,17). The predicted molar refractivity (Wildman–Crippen MR) is 64.9 cm³/mol. The second kappa shape index (κ2) is 4.59. The molecule has 0 spiro atoms. The average molecular weight is 251 g/mol. The normalized spacial score (nSPS) is 10.5. The highest BCUT2D eigenvalue weighted by molar-refractivity contribution is 6.30. The second-order valence-corrected chi connectivity index (χ2v) is 4.01. The molecule has 0 unspecified atom stereocenters. The molecule has 0 aliphatic carbocycles. The van der Waals surface area contributed by atoms with Gasteiger partial charge in [-0.3, -0.25) is 0 Å². The molecule has 17 heavy (non-hydrogen) atoms. The van der Waals surface area contributed by atoms with Crippen LogP contribution >= 0.6 is 11.6 Å². The summed E-state index contributed by atoms with van der Waals surface area (Å²) < 4.78 is 1.55.